The fraction of sp³-hybridized carbons (Fsp3) is 0.286. The number of anilines is 1. The number of carbonyl (C=O) groups is 2. The van der Waals surface area contributed by atoms with Gasteiger partial charge in [0.25, 0.3) is 0 Å². The van der Waals surface area contributed by atoms with E-state index < -0.39 is 11.6 Å². The number of aromatic hydroxyl groups is 1. The lowest BCUT2D eigenvalue weighted by Gasteiger charge is -2.09. The summed E-state index contributed by atoms with van der Waals surface area (Å²) in [5, 5.41) is 13.5. The van der Waals surface area contributed by atoms with Crippen LogP contribution in [0.4, 0.5) is 5.00 Å². The first kappa shape index (κ1) is 19.2. The van der Waals surface area contributed by atoms with Gasteiger partial charge in [-0.1, -0.05) is 0 Å². The maximum atomic E-state index is 12.8. The van der Waals surface area contributed by atoms with Crippen LogP contribution < -0.4 is 10.9 Å². The van der Waals surface area contributed by atoms with Gasteiger partial charge in [-0.2, -0.15) is 0 Å². The summed E-state index contributed by atoms with van der Waals surface area (Å²) in [7, 11) is 0. The molecule has 1 aliphatic carbocycles. The number of phenols is 1. The molecule has 7 nitrogen and oxygen atoms in total. The normalized spacial score (nSPS) is 13.4. The van der Waals surface area contributed by atoms with Crippen molar-refractivity contribution >= 4 is 39.2 Å². The molecule has 2 N–H and O–H groups in total. The molecule has 0 atom stereocenters. The van der Waals surface area contributed by atoms with Crippen molar-refractivity contribution in [3.63, 3.8) is 0 Å². The van der Waals surface area contributed by atoms with Crippen LogP contribution in [0.25, 0.3) is 11.0 Å². The summed E-state index contributed by atoms with van der Waals surface area (Å²) in [5.41, 5.74) is 1.18. The van der Waals surface area contributed by atoms with Crippen LogP contribution in [0.2, 0.25) is 0 Å². The Morgan fingerprint density at radius 3 is 2.76 bits per heavy atom. The minimum Gasteiger partial charge on any atom is -0.508 e. The third-order valence-corrected chi connectivity index (χ3v) is 6.07. The zero-order valence-corrected chi connectivity index (χ0v) is 16.7. The lowest BCUT2D eigenvalue weighted by molar-refractivity contribution is -0.117. The van der Waals surface area contributed by atoms with Gasteiger partial charge >= 0.3 is 11.6 Å². The van der Waals surface area contributed by atoms with Crippen LogP contribution in [0.3, 0.4) is 0 Å². The van der Waals surface area contributed by atoms with E-state index in [4.69, 9.17) is 9.15 Å². The molecule has 3 aromatic rings. The summed E-state index contributed by atoms with van der Waals surface area (Å²) in [5.74, 6) is -0.659. The molecule has 2 aromatic heterocycles. The number of rotatable bonds is 5. The van der Waals surface area contributed by atoms with Crippen molar-refractivity contribution in [3.05, 3.63) is 56.3 Å². The van der Waals surface area contributed by atoms with Crippen LogP contribution in [-0.2, 0) is 16.1 Å². The number of esters is 1. The highest BCUT2D eigenvalue weighted by atomic mass is 32.1. The van der Waals surface area contributed by atoms with E-state index >= 15 is 0 Å². The number of ether oxygens (including phenoxy) is 1. The first-order valence-electron chi connectivity index (χ1n) is 9.17. The van der Waals surface area contributed by atoms with Crippen molar-refractivity contribution in [3.8, 4) is 5.75 Å². The van der Waals surface area contributed by atoms with Crippen molar-refractivity contribution in [2.75, 3.05) is 5.32 Å². The number of hydrogen-bond acceptors (Lipinski definition) is 7. The second kappa shape index (κ2) is 7.36. The molecule has 0 saturated heterocycles. The summed E-state index contributed by atoms with van der Waals surface area (Å²) in [6, 6.07) is 5.65. The van der Waals surface area contributed by atoms with Crippen molar-refractivity contribution in [2.45, 2.75) is 33.3 Å². The van der Waals surface area contributed by atoms with Crippen molar-refractivity contribution in [1.29, 1.82) is 0 Å². The van der Waals surface area contributed by atoms with Crippen LogP contribution in [0, 0.1) is 19.8 Å². The van der Waals surface area contributed by atoms with Crippen molar-refractivity contribution in [1.82, 2.24) is 0 Å². The molecule has 4 rings (SSSR count). The number of amides is 1. The molecule has 29 heavy (non-hydrogen) atoms. The van der Waals surface area contributed by atoms with Gasteiger partial charge in [0.1, 0.15) is 22.9 Å². The molecule has 0 unspecified atom stereocenters. The number of aryl methyl sites for hydroxylation is 1. The maximum Gasteiger partial charge on any atom is 0.341 e. The lowest BCUT2D eigenvalue weighted by Crippen LogP contribution is -2.16. The molecule has 8 heteroatoms. The molecule has 1 aliphatic rings. The fourth-order valence-corrected chi connectivity index (χ4v) is 4.13. The third kappa shape index (κ3) is 3.88. The van der Waals surface area contributed by atoms with Gasteiger partial charge < -0.3 is 19.6 Å². The molecule has 0 spiro atoms. The lowest BCUT2D eigenvalue weighted by atomic mass is 10.1. The highest BCUT2D eigenvalue weighted by Crippen LogP contribution is 2.36. The smallest absolute Gasteiger partial charge is 0.341 e. The van der Waals surface area contributed by atoms with E-state index in [9.17, 15) is 19.5 Å². The van der Waals surface area contributed by atoms with E-state index in [1.807, 2.05) is 13.8 Å². The Kier molecular flexibility index (Phi) is 4.87. The molecule has 150 valence electrons. The monoisotopic (exact) mass is 413 g/mol. The zero-order valence-electron chi connectivity index (χ0n) is 15.9. The Morgan fingerprint density at radius 2 is 2.03 bits per heavy atom. The van der Waals surface area contributed by atoms with Gasteiger partial charge in [-0.3, -0.25) is 4.79 Å². The number of nitrogens with one attached hydrogen (secondary N) is 1. The first-order chi connectivity index (χ1) is 13.8. The molecule has 0 radical (unpaired) electrons. The molecule has 0 aliphatic heterocycles. The van der Waals surface area contributed by atoms with Gasteiger partial charge in [0, 0.05) is 33.9 Å². The summed E-state index contributed by atoms with van der Waals surface area (Å²) in [6.07, 6.45) is 1.74. The average molecular weight is 413 g/mol. The second-order valence-corrected chi connectivity index (χ2v) is 8.32. The number of hydrogen-bond donors (Lipinski definition) is 2. The largest absolute Gasteiger partial charge is 0.508 e. The molecule has 1 fully saturated rings. The molecule has 1 amide bonds. The molecule has 2 heterocycles. The van der Waals surface area contributed by atoms with Gasteiger partial charge in [-0.15, -0.1) is 11.3 Å². The van der Waals surface area contributed by atoms with Crippen molar-refractivity contribution < 1.29 is 23.8 Å². The number of thiophene rings is 1. The Labute approximate surface area is 169 Å². The van der Waals surface area contributed by atoms with Crippen molar-refractivity contribution in [2.24, 2.45) is 5.92 Å². The summed E-state index contributed by atoms with van der Waals surface area (Å²) >= 11 is 1.35. The van der Waals surface area contributed by atoms with Crippen LogP contribution in [0.5, 0.6) is 5.75 Å². The number of carbonyl (C=O) groups excluding carboxylic acids is 2. The minimum atomic E-state index is -0.603. The van der Waals surface area contributed by atoms with Crippen LogP contribution in [-0.4, -0.2) is 17.0 Å². The number of fused-ring (bicyclic) bond motifs is 1. The number of phenolic OH excluding ortho intramolecular Hbond substituents is 1. The van der Waals surface area contributed by atoms with Gasteiger partial charge in [0.2, 0.25) is 5.91 Å². The quantitative estimate of drug-likeness (QED) is 0.486. The molecular formula is C21H19NO6S. The van der Waals surface area contributed by atoms with Crippen LogP contribution in [0.15, 0.2) is 33.5 Å². The maximum absolute atomic E-state index is 12.8. The van der Waals surface area contributed by atoms with Gasteiger partial charge in [-0.25, -0.2) is 9.59 Å². The average Bonchev–Trinajstić information content (AvgIpc) is 3.46. The Hall–Kier alpha value is -3.13. The summed E-state index contributed by atoms with van der Waals surface area (Å²) in [4.78, 5) is 37.7. The third-order valence-electron chi connectivity index (χ3n) is 4.95. The Bertz CT molecular complexity index is 1190. The standard InChI is InChI=1S/C21H19NO6S/c1-10-11(2)29-20(22-19(25)12-3-4-12)18(10)21(26)27-9-13-7-17(24)28-16-8-14(23)5-6-15(13)16/h5-8,12,23H,3-4,9H2,1-2H3,(H,22,25). The van der Waals surface area contributed by atoms with Gasteiger partial charge in [0.15, 0.2) is 0 Å². The van der Waals surface area contributed by atoms with E-state index in [0.29, 0.717) is 21.5 Å². The Balaban J connectivity index is 1.58. The summed E-state index contributed by atoms with van der Waals surface area (Å²) in [6.45, 7) is 3.55. The second-order valence-electron chi connectivity index (χ2n) is 7.10. The minimum absolute atomic E-state index is 0.0212. The molecule has 1 aromatic carbocycles. The highest BCUT2D eigenvalue weighted by Gasteiger charge is 2.31. The van der Waals surface area contributed by atoms with E-state index in [2.05, 4.69) is 5.32 Å². The van der Waals surface area contributed by atoms with E-state index in [-0.39, 0.29) is 29.8 Å². The highest BCUT2D eigenvalue weighted by molar-refractivity contribution is 7.16. The van der Waals surface area contributed by atoms with Gasteiger partial charge in [0.05, 0.1) is 5.56 Å². The fourth-order valence-electron chi connectivity index (χ4n) is 3.07. The van der Waals surface area contributed by atoms with E-state index in [0.717, 1.165) is 23.3 Å². The predicted octanol–water partition coefficient (Wildman–Crippen LogP) is 3.88. The van der Waals surface area contributed by atoms with Crippen LogP contribution in [0.1, 0.15) is 39.2 Å². The van der Waals surface area contributed by atoms with E-state index in [1.165, 1.54) is 29.5 Å². The topological polar surface area (TPSA) is 106 Å². The first-order valence-corrected chi connectivity index (χ1v) is 9.99. The predicted molar refractivity (Wildman–Crippen MR) is 108 cm³/mol. The SMILES string of the molecule is Cc1sc(NC(=O)C2CC2)c(C(=O)OCc2cc(=O)oc3cc(O)ccc23)c1C. The zero-order chi connectivity index (χ0) is 20.7. The summed E-state index contributed by atoms with van der Waals surface area (Å²) < 4.78 is 10.6. The molecule has 0 bridgehead atoms. The van der Waals surface area contributed by atoms with E-state index in [1.54, 1.807) is 6.07 Å². The number of benzene rings is 1. The van der Waals surface area contributed by atoms with Gasteiger partial charge in [-0.05, 0) is 44.4 Å². The molecule has 1 saturated carbocycles. The Morgan fingerprint density at radius 1 is 1.28 bits per heavy atom. The van der Waals surface area contributed by atoms with Crippen LogP contribution >= 0.6 is 11.3 Å². The molecular weight excluding hydrogens is 394 g/mol.